The van der Waals surface area contributed by atoms with Crippen LogP contribution in [0.1, 0.15) is 52.0 Å². The maximum Gasteiger partial charge on any atom is 0.165 e. The molecule has 26 heavy (non-hydrogen) atoms. The Balaban J connectivity index is 1.89. The lowest BCUT2D eigenvalue weighted by atomic mass is 9.79. The van der Waals surface area contributed by atoms with E-state index in [2.05, 4.69) is 0 Å². The fraction of sp³-hybridized carbons (Fsp3) is 0.650. The van der Waals surface area contributed by atoms with Crippen molar-refractivity contribution < 1.29 is 22.3 Å². The molecule has 0 heterocycles. The van der Waals surface area contributed by atoms with Crippen molar-refractivity contribution in [1.29, 1.82) is 0 Å². The first-order valence-electron chi connectivity index (χ1n) is 9.11. The van der Waals surface area contributed by atoms with Crippen molar-refractivity contribution in [2.75, 3.05) is 12.9 Å². The van der Waals surface area contributed by atoms with Gasteiger partial charge in [0.2, 0.25) is 0 Å². The number of hydrogen-bond donors (Lipinski definition) is 0. The monoisotopic (exact) mass is 384 g/mol. The number of carbonyl (C=O) groups excluding carboxylic acids is 1. The number of carbonyl (C=O) groups is 1. The summed E-state index contributed by atoms with van der Waals surface area (Å²) in [7, 11) is -1.73. The first-order valence-corrected chi connectivity index (χ1v) is 10.8. The lowest BCUT2D eigenvalue weighted by Gasteiger charge is -2.30. The summed E-state index contributed by atoms with van der Waals surface area (Å²) in [6, 6.07) is 4.59. The van der Waals surface area contributed by atoms with Gasteiger partial charge in [-0.2, -0.15) is 0 Å². The van der Waals surface area contributed by atoms with Crippen LogP contribution in [0.4, 0.5) is 4.39 Å². The van der Waals surface area contributed by atoms with Crippen LogP contribution in [0.25, 0.3) is 0 Å². The predicted octanol–water partition coefficient (Wildman–Crippen LogP) is 3.97. The van der Waals surface area contributed by atoms with Gasteiger partial charge in [-0.1, -0.05) is 6.07 Å². The van der Waals surface area contributed by atoms with Crippen LogP contribution in [0.15, 0.2) is 18.2 Å². The number of hydrogen-bond acceptors (Lipinski definition) is 4. The van der Waals surface area contributed by atoms with Gasteiger partial charge in [0.25, 0.3) is 0 Å². The third-order valence-electron chi connectivity index (χ3n) is 5.28. The number of halogens is 1. The fourth-order valence-electron chi connectivity index (χ4n) is 3.38. The predicted molar refractivity (Wildman–Crippen MR) is 101 cm³/mol. The van der Waals surface area contributed by atoms with Gasteiger partial charge in [0, 0.05) is 12.3 Å². The molecule has 1 fully saturated rings. The number of ether oxygens (including phenoxy) is 1. The van der Waals surface area contributed by atoms with Crippen LogP contribution in [0.2, 0.25) is 0 Å². The first kappa shape index (κ1) is 20.9. The van der Waals surface area contributed by atoms with Gasteiger partial charge in [0.15, 0.2) is 21.4 Å². The van der Waals surface area contributed by atoms with E-state index in [1.54, 1.807) is 26.8 Å². The Morgan fingerprint density at radius 1 is 1.19 bits per heavy atom. The minimum atomic E-state index is -3.13. The minimum Gasteiger partial charge on any atom is -0.494 e. The number of methoxy groups -OCH3 is 1. The highest BCUT2D eigenvalue weighted by Crippen LogP contribution is 2.33. The van der Waals surface area contributed by atoms with Crippen LogP contribution in [-0.2, 0) is 21.1 Å². The molecule has 1 aromatic rings. The molecule has 1 aliphatic carbocycles. The van der Waals surface area contributed by atoms with Crippen molar-refractivity contribution in [3.8, 4) is 5.75 Å². The largest absolute Gasteiger partial charge is 0.494 e. The van der Waals surface area contributed by atoms with Gasteiger partial charge in [-0.05, 0) is 70.1 Å². The third kappa shape index (κ3) is 5.06. The Bertz CT molecular complexity index is 742. The SMILES string of the molecule is COc1ccc(CC(=O)C2CCC(CS(=O)(=O)C(C)(C)C)CC2)cc1F. The Labute approximate surface area is 156 Å². The highest BCUT2D eigenvalue weighted by Gasteiger charge is 2.34. The van der Waals surface area contributed by atoms with Crippen molar-refractivity contribution in [3.05, 3.63) is 29.6 Å². The summed E-state index contributed by atoms with van der Waals surface area (Å²) in [6.45, 7) is 5.18. The molecule has 4 nitrogen and oxygen atoms in total. The smallest absolute Gasteiger partial charge is 0.165 e. The summed E-state index contributed by atoms with van der Waals surface area (Å²) in [5.74, 6) is 0.0685. The number of rotatable bonds is 6. The molecule has 0 atom stereocenters. The third-order valence-corrected chi connectivity index (χ3v) is 8.06. The maximum atomic E-state index is 13.8. The Hall–Kier alpha value is -1.43. The van der Waals surface area contributed by atoms with Gasteiger partial charge in [-0.25, -0.2) is 12.8 Å². The van der Waals surface area contributed by atoms with Gasteiger partial charge >= 0.3 is 0 Å². The van der Waals surface area contributed by atoms with E-state index in [-0.39, 0.29) is 35.5 Å². The lowest BCUT2D eigenvalue weighted by Crippen LogP contribution is -2.35. The zero-order valence-corrected chi connectivity index (χ0v) is 16.9. The molecular weight excluding hydrogens is 355 g/mol. The van der Waals surface area contributed by atoms with E-state index in [1.807, 2.05) is 0 Å². The summed E-state index contributed by atoms with van der Waals surface area (Å²) in [4.78, 5) is 12.5. The summed E-state index contributed by atoms with van der Waals surface area (Å²) < 4.78 is 42.6. The fourth-order valence-corrected chi connectivity index (χ4v) is 4.83. The second kappa shape index (κ2) is 8.07. The average Bonchev–Trinajstić information content (AvgIpc) is 2.54. The minimum absolute atomic E-state index is 0.0613. The Kier molecular flexibility index (Phi) is 6.48. The quantitative estimate of drug-likeness (QED) is 0.745. The molecule has 0 aromatic heterocycles. The van der Waals surface area contributed by atoms with Crippen LogP contribution in [0.5, 0.6) is 5.75 Å². The molecule has 1 saturated carbocycles. The standard InChI is InChI=1S/C20H29FO4S/c1-20(2,3)26(23,24)13-14-5-8-16(9-6-14)18(22)12-15-7-10-19(25-4)17(21)11-15/h7,10-11,14,16H,5-6,8-9,12-13H2,1-4H3. The molecule has 0 spiro atoms. The molecule has 0 unspecified atom stereocenters. The maximum absolute atomic E-state index is 13.8. The summed E-state index contributed by atoms with van der Waals surface area (Å²) in [6.07, 6.45) is 3.13. The normalized spacial score (nSPS) is 21.4. The topological polar surface area (TPSA) is 60.4 Å². The summed E-state index contributed by atoms with van der Waals surface area (Å²) in [5.41, 5.74) is 0.644. The van der Waals surface area contributed by atoms with Crippen molar-refractivity contribution in [2.24, 2.45) is 11.8 Å². The van der Waals surface area contributed by atoms with Gasteiger partial charge in [0.1, 0.15) is 5.78 Å². The van der Waals surface area contributed by atoms with Crippen LogP contribution >= 0.6 is 0 Å². The highest BCUT2D eigenvalue weighted by atomic mass is 32.2. The Morgan fingerprint density at radius 3 is 2.31 bits per heavy atom. The Morgan fingerprint density at radius 2 is 1.81 bits per heavy atom. The average molecular weight is 385 g/mol. The number of benzene rings is 1. The molecule has 1 aliphatic rings. The van der Waals surface area contributed by atoms with Crippen molar-refractivity contribution in [3.63, 3.8) is 0 Å². The highest BCUT2D eigenvalue weighted by molar-refractivity contribution is 7.92. The summed E-state index contributed by atoms with van der Waals surface area (Å²) in [5, 5.41) is 0. The van der Waals surface area contributed by atoms with E-state index in [0.717, 1.165) is 12.8 Å². The lowest BCUT2D eigenvalue weighted by molar-refractivity contribution is -0.123. The van der Waals surface area contributed by atoms with Crippen molar-refractivity contribution >= 4 is 15.6 Å². The van der Waals surface area contributed by atoms with Gasteiger partial charge in [-0.3, -0.25) is 4.79 Å². The van der Waals surface area contributed by atoms with Crippen LogP contribution < -0.4 is 4.74 Å². The molecule has 0 N–H and O–H groups in total. The van der Waals surface area contributed by atoms with E-state index < -0.39 is 20.4 Å². The molecule has 1 aromatic carbocycles. The van der Waals surface area contributed by atoms with Crippen LogP contribution in [-0.4, -0.2) is 31.8 Å². The number of Topliss-reactive ketones (excluding diaryl/α,β-unsaturated/α-hetero) is 1. The number of ketones is 1. The molecular formula is C20H29FO4S. The van der Waals surface area contributed by atoms with E-state index in [9.17, 15) is 17.6 Å². The van der Waals surface area contributed by atoms with Gasteiger partial charge in [0.05, 0.1) is 17.6 Å². The van der Waals surface area contributed by atoms with Crippen LogP contribution in [0, 0.1) is 17.7 Å². The van der Waals surface area contributed by atoms with Gasteiger partial charge in [-0.15, -0.1) is 0 Å². The molecule has 6 heteroatoms. The molecule has 0 amide bonds. The van der Waals surface area contributed by atoms with Crippen molar-refractivity contribution in [2.45, 2.75) is 57.6 Å². The second-order valence-electron chi connectivity index (χ2n) is 8.22. The molecule has 146 valence electrons. The van der Waals surface area contributed by atoms with Gasteiger partial charge < -0.3 is 4.74 Å². The first-order chi connectivity index (χ1) is 12.0. The zero-order chi connectivity index (χ0) is 19.5. The molecule has 0 aliphatic heterocycles. The van der Waals surface area contributed by atoms with E-state index in [0.29, 0.717) is 18.4 Å². The molecule has 0 saturated heterocycles. The van der Waals surface area contributed by atoms with E-state index >= 15 is 0 Å². The van der Waals surface area contributed by atoms with Crippen LogP contribution in [0.3, 0.4) is 0 Å². The molecule has 0 radical (unpaired) electrons. The summed E-state index contributed by atoms with van der Waals surface area (Å²) >= 11 is 0. The zero-order valence-electron chi connectivity index (χ0n) is 16.0. The number of sulfone groups is 1. The van der Waals surface area contributed by atoms with E-state index in [4.69, 9.17) is 4.74 Å². The van der Waals surface area contributed by atoms with Crippen molar-refractivity contribution in [1.82, 2.24) is 0 Å². The molecule has 2 rings (SSSR count). The second-order valence-corrected chi connectivity index (χ2v) is 11.0. The van der Waals surface area contributed by atoms with E-state index in [1.165, 1.54) is 19.2 Å². The molecule has 0 bridgehead atoms.